The molecule has 0 saturated carbocycles. The number of benzene rings is 1. The van der Waals surface area contributed by atoms with Gasteiger partial charge in [0, 0.05) is 17.8 Å². The molecule has 2 amide bonds. The van der Waals surface area contributed by atoms with Crippen LogP contribution in [-0.2, 0) is 6.54 Å². The van der Waals surface area contributed by atoms with E-state index < -0.39 is 12.0 Å². The molecule has 0 aliphatic rings. The highest BCUT2D eigenvalue weighted by atomic mass is 32.1. The van der Waals surface area contributed by atoms with Crippen molar-refractivity contribution in [1.82, 2.24) is 19.9 Å². The second-order valence-corrected chi connectivity index (χ2v) is 8.61. The number of carbonyl (C=O) groups is 2. The Bertz CT molecular complexity index is 971. The molecule has 1 aromatic carbocycles. The number of amides is 2. The maximum atomic E-state index is 11.9. The van der Waals surface area contributed by atoms with Gasteiger partial charge in [0.25, 0.3) is 5.91 Å². The van der Waals surface area contributed by atoms with E-state index in [9.17, 15) is 14.7 Å². The van der Waals surface area contributed by atoms with Gasteiger partial charge in [-0.25, -0.2) is 14.8 Å². The van der Waals surface area contributed by atoms with Gasteiger partial charge in [0.1, 0.15) is 11.5 Å². The number of aromatic nitrogens is 3. The van der Waals surface area contributed by atoms with Gasteiger partial charge >= 0.3 is 6.09 Å². The van der Waals surface area contributed by atoms with Crippen molar-refractivity contribution < 1.29 is 14.7 Å². The third-order valence-corrected chi connectivity index (χ3v) is 5.53. The van der Waals surface area contributed by atoms with E-state index in [1.54, 1.807) is 5.38 Å². The molecule has 1 unspecified atom stereocenters. The number of nitrogens with one attached hydrogen (secondary N) is 1. The summed E-state index contributed by atoms with van der Waals surface area (Å²) in [5.74, 6) is -0.216. The number of H-pyrrole nitrogens is 1. The fourth-order valence-electron chi connectivity index (χ4n) is 2.98. The first kappa shape index (κ1) is 19.8. The van der Waals surface area contributed by atoms with Crippen LogP contribution in [0.3, 0.4) is 0 Å². The van der Waals surface area contributed by atoms with E-state index >= 15 is 0 Å². The molecule has 148 valence electrons. The summed E-state index contributed by atoms with van der Waals surface area (Å²) in [7, 11) is 0. The van der Waals surface area contributed by atoms with Gasteiger partial charge in [-0.1, -0.05) is 32.9 Å². The number of fused-ring (bicyclic) bond motifs is 1. The van der Waals surface area contributed by atoms with Crippen molar-refractivity contribution in [2.24, 2.45) is 11.1 Å². The van der Waals surface area contributed by atoms with Crippen LogP contribution in [0, 0.1) is 5.41 Å². The van der Waals surface area contributed by atoms with Crippen LogP contribution in [0.2, 0.25) is 0 Å². The second kappa shape index (κ2) is 7.59. The summed E-state index contributed by atoms with van der Waals surface area (Å²) >= 11 is 1.32. The molecular formula is C19H23N5O3S. The number of nitrogens with zero attached hydrogens (tertiary/aromatic N) is 3. The molecule has 0 saturated heterocycles. The molecule has 1 atom stereocenters. The van der Waals surface area contributed by atoms with Crippen LogP contribution in [0.1, 0.15) is 48.0 Å². The van der Waals surface area contributed by atoms with Gasteiger partial charge in [0.05, 0.1) is 22.6 Å². The van der Waals surface area contributed by atoms with Crippen LogP contribution in [0.25, 0.3) is 11.0 Å². The molecule has 28 heavy (non-hydrogen) atoms. The molecule has 4 N–H and O–H groups in total. The number of carbonyl (C=O) groups excluding carboxylic acids is 1. The Labute approximate surface area is 166 Å². The number of rotatable bonds is 6. The average Bonchev–Trinajstić information content (AvgIpc) is 3.23. The summed E-state index contributed by atoms with van der Waals surface area (Å²) < 4.78 is 0. The van der Waals surface area contributed by atoms with Crippen LogP contribution in [-0.4, -0.2) is 43.5 Å². The number of primary amides is 1. The number of thiazole rings is 1. The first-order chi connectivity index (χ1) is 13.1. The predicted octanol–water partition coefficient (Wildman–Crippen LogP) is 3.43. The Morgan fingerprint density at radius 3 is 2.57 bits per heavy atom. The molecule has 3 rings (SSSR count). The van der Waals surface area contributed by atoms with Crippen LogP contribution >= 0.6 is 11.3 Å². The Morgan fingerprint density at radius 1 is 1.29 bits per heavy atom. The van der Waals surface area contributed by atoms with Crippen molar-refractivity contribution in [1.29, 1.82) is 0 Å². The summed E-state index contributed by atoms with van der Waals surface area (Å²) in [4.78, 5) is 36.6. The molecule has 0 radical (unpaired) electrons. The first-order valence-corrected chi connectivity index (χ1v) is 9.70. The van der Waals surface area contributed by atoms with E-state index in [2.05, 4.69) is 15.0 Å². The highest BCUT2D eigenvalue weighted by Crippen LogP contribution is 2.37. The predicted molar refractivity (Wildman–Crippen MR) is 107 cm³/mol. The van der Waals surface area contributed by atoms with Gasteiger partial charge in [0.15, 0.2) is 0 Å². The molecule has 8 nitrogen and oxygen atoms in total. The average molecular weight is 401 g/mol. The highest BCUT2D eigenvalue weighted by molar-refractivity contribution is 7.09. The Kier molecular flexibility index (Phi) is 5.37. The zero-order valence-corrected chi connectivity index (χ0v) is 16.8. The third kappa shape index (κ3) is 4.30. The van der Waals surface area contributed by atoms with Crippen LogP contribution in [0.4, 0.5) is 4.79 Å². The van der Waals surface area contributed by atoms with Crippen molar-refractivity contribution in [2.45, 2.75) is 33.2 Å². The van der Waals surface area contributed by atoms with Gasteiger partial charge in [-0.3, -0.25) is 4.79 Å². The zero-order valence-electron chi connectivity index (χ0n) is 16.0. The van der Waals surface area contributed by atoms with Crippen molar-refractivity contribution >= 4 is 34.4 Å². The Balaban J connectivity index is 1.86. The molecule has 2 aromatic heterocycles. The third-order valence-electron chi connectivity index (χ3n) is 4.57. The van der Waals surface area contributed by atoms with Crippen LogP contribution in [0.5, 0.6) is 0 Å². The van der Waals surface area contributed by atoms with E-state index in [1.807, 2.05) is 45.0 Å². The standard InChI is InChI=1S/C19H23N5O3S/c1-19(2,3)11(17-23-14(10-28-17)16(20)25)8-24(18(26)27)9-15-21-12-6-4-5-7-13(12)22-15/h4-7,10-11H,8-9H2,1-3H3,(H2,20,25)(H,21,22)(H,26,27). The van der Waals surface area contributed by atoms with Gasteiger partial charge in [0.2, 0.25) is 0 Å². The maximum Gasteiger partial charge on any atom is 0.407 e. The minimum Gasteiger partial charge on any atom is -0.465 e. The number of nitrogens with two attached hydrogens (primary N) is 1. The van der Waals surface area contributed by atoms with E-state index in [-0.39, 0.29) is 30.1 Å². The number of imidazole rings is 1. The smallest absolute Gasteiger partial charge is 0.407 e. The number of para-hydroxylation sites is 2. The zero-order chi connectivity index (χ0) is 20.5. The quantitative estimate of drug-likeness (QED) is 0.583. The van der Waals surface area contributed by atoms with Crippen molar-refractivity contribution in [3.05, 3.63) is 46.2 Å². The summed E-state index contributed by atoms with van der Waals surface area (Å²) in [6.07, 6.45) is -1.04. The fourth-order valence-corrected chi connectivity index (χ4v) is 4.12. The summed E-state index contributed by atoms with van der Waals surface area (Å²) in [5, 5.41) is 12.1. The molecule has 0 aliphatic carbocycles. The van der Waals surface area contributed by atoms with Crippen LogP contribution in [0.15, 0.2) is 29.6 Å². The topological polar surface area (TPSA) is 125 Å². The normalized spacial score (nSPS) is 12.8. The monoisotopic (exact) mass is 401 g/mol. The Morgan fingerprint density at radius 2 is 2.00 bits per heavy atom. The number of hydrogen-bond acceptors (Lipinski definition) is 5. The van der Waals surface area contributed by atoms with Gasteiger partial charge in [-0.2, -0.15) is 0 Å². The molecule has 0 spiro atoms. The van der Waals surface area contributed by atoms with Gasteiger partial charge in [-0.05, 0) is 17.5 Å². The summed E-state index contributed by atoms with van der Waals surface area (Å²) in [6, 6.07) is 7.55. The molecule has 0 bridgehead atoms. The molecule has 3 aromatic rings. The molecule has 0 fully saturated rings. The maximum absolute atomic E-state index is 11.9. The number of carboxylic acid groups (broad SMARTS) is 1. The molecule has 0 aliphatic heterocycles. The Hall–Kier alpha value is -2.94. The molecule has 9 heteroatoms. The largest absolute Gasteiger partial charge is 0.465 e. The minimum absolute atomic E-state index is 0.130. The van der Waals surface area contributed by atoms with E-state index in [0.717, 1.165) is 11.0 Å². The number of hydrogen-bond donors (Lipinski definition) is 3. The van der Waals surface area contributed by atoms with Crippen molar-refractivity contribution in [3.63, 3.8) is 0 Å². The van der Waals surface area contributed by atoms with E-state index in [1.165, 1.54) is 16.2 Å². The lowest BCUT2D eigenvalue weighted by Gasteiger charge is -2.32. The lowest BCUT2D eigenvalue weighted by atomic mass is 9.80. The number of aromatic amines is 1. The summed E-state index contributed by atoms with van der Waals surface area (Å²) in [6.45, 7) is 6.41. The SMILES string of the molecule is CC(C)(C)C(CN(Cc1nc2ccccc2[nH]1)C(=O)O)c1nc(C(N)=O)cs1. The molecule has 2 heterocycles. The van der Waals surface area contributed by atoms with Crippen molar-refractivity contribution in [3.8, 4) is 0 Å². The minimum atomic E-state index is -1.04. The van der Waals surface area contributed by atoms with E-state index in [4.69, 9.17) is 5.73 Å². The highest BCUT2D eigenvalue weighted by Gasteiger charge is 2.33. The van der Waals surface area contributed by atoms with Crippen LogP contribution < -0.4 is 5.73 Å². The lowest BCUT2D eigenvalue weighted by Crippen LogP contribution is -2.37. The fraction of sp³-hybridized carbons (Fsp3) is 0.368. The van der Waals surface area contributed by atoms with Crippen molar-refractivity contribution in [2.75, 3.05) is 6.54 Å². The molecular weight excluding hydrogens is 378 g/mol. The van der Waals surface area contributed by atoms with Gasteiger partial charge < -0.3 is 20.7 Å². The lowest BCUT2D eigenvalue weighted by molar-refractivity contribution is 0.0994. The second-order valence-electron chi connectivity index (χ2n) is 7.72. The summed E-state index contributed by atoms with van der Waals surface area (Å²) in [5.41, 5.74) is 6.90. The van der Waals surface area contributed by atoms with E-state index in [0.29, 0.717) is 10.8 Å². The van der Waals surface area contributed by atoms with Gasteiger partial charge in [-0.15, -0.1) is 11.3 Å². The first-order valence-electron chi connectivity index (χ1n) is 8.82.